The van der Waals surface area contributed by atoms with Crippen molar-refractivity contribution >= 4 is 17.6 Å². The Balaban J connectivity index is 1.76. The molecule has 1 saturated heterocycles. The number of hydrogen-bond acceptors (Lipinski definition) is 3. The number of carbonyl (C=O) groups excluding carboxylic acids is 2. The maximum Gasteiger partial charge on any atom is 0.321 e. The molecule has 27 heavy (non-hydrogen) atoms. The first kappa shape index (κ1) is 21.2. The van der Waals surface area contributed by atoms with Crippen molar-refractivity contribution in [3.8, 4) is 0 Å². The zero-order valence-corrected chi connectivity index (χ0v) is 16.8. The van der Waals surface area contributed by atoms with Crippen molar-refractivity contribution in [2.45, 2.75) is 46.0 Å². The zero-order valence-electron chi connectivity index (χ0n) is 16.8. The van der Waals surface area contributed by atoms with Crippen LogP contribution in [0.4, 0.5) is 10.5 Å². The Morgan fingerprint density at radius 1 is 1.22 bits per heavy atom. The smallest absolute Gasteiger partial charge is 0.321 e. The van der Waals surface area contributed by atoms with Crippen molar-refractivity contribution in [3.05, 3.63) is 29.8 Å². The van der Waals surface area contributed by atoms with E-state index in [9.17, 15) is 9.59 Å². The largest absolute Gasteiger partial charge is 0.382 e. The van der Waals surface area contributed by atoms with E-state index in [-0.39, 0.29) is 17.9 Å². The highest BCUT2D eigenvalue weighted by Gasteiger charge is 2.27. The number of benzene rings is 1. The number of nitrogens with one attached hydrogen (secondary N) is 2. The first-order valence-electron chi connectivity index (χ1n) is 10.0. The van der Waals surface area contributed by atoms with E-state index in [2.05, 4.69) is 24.5 Å². The van der Waals surface area contributed by atoms with Crippen molar-refractivity contribution in [2.75, 3.05) is 38.2 Å². The van der Waals surface area contributed by atoms with Crippen LogP contribution in [0.15, 0.2) is 24.3 Å². The van der Waals surface area contributed by atoms with Crippen LogP contribution in [-0.4, -0.2) is 49.7 Å². The molecule has 6 nitrogen and oxygen atoms in total. The molecule has 2 rings (SSSR count). The molecule has 0 radical (unpaired) electrons. The summed E-state index contributed by atoms with van der Waals surface area (Å²) in [5.41, 5.74) is 2.00. The van der Waals surface area contributed by atoms with Crippen LogP contribution in [-0.2, 0) is 9.53 Å². The summed E-state index contributed by atoms with van der Waals surface area (Å²) in [5.74, 6) is 0.430. The van der Waals surface area contributed by atoms with Crippen LogP contribution in [0.25, 0.3) is 0 Å². The number of likely N-dealkylation sites (tertiary alicyclic amines) is 1. The Bertz CT molecular complexity index is 610. The van der Waals surface area contributed by atoms with Crippen LogP contribution in [0.1, 0.15) is 51.5 Å². The van der Waals surface area contributed by atoms with E-state index < -0.39 is 0 Å². The monoisotopic (exact) mass is 375 g/mol. The van der Waals surface area contributed by atoms with Gasteiger partial charge >= 0.3 is 6.03 Å². The lowest BCUT2D eigenvalue weighted by atomic mass is 9.96. The number of amides is 3. The summed E-state index contributed by atoms with van der Waals surface area (Å²) in [6.45, 7) is 9.42. The lowest BCUT2D eigenvalue weighted by Gasteiger charge is -2.31. The molecule has 1 aliphatic rings. The van der Waals surface area contributed by atoms with Crippen molar-refractivity contribution in [1.29, 1.82) is 0 Å². The van der Waals surface area contributed by atoms with E-state index in [1.165, 1.54) is 0 Å². The predicted octanol–water partition coefficient (Wildman–Crippen LogP) is 3.60. The summed E-state index contributed by atoms with van der Waals surface area (Å²) in [6.07, 6.45) is 2.24. The minimum Gasteiger partial charge on any atom is -0.382 e. The van der Waals surface area contributed by atoms with Gasteiger partial charge < -0.3 is 20.3 Å². The number of hydrogen-bond donors (Lipinski definition) is 2. The Hall–Kier alpha value is -2.08. The van der Waals surface area contributed by atoms with Crippen LogP contribution in [0.2, 0.25) is 0 Å². The van der Waals surface area contributed by atoms with E-state index in [4.69, 9.17) is 4.74 Å². The average Bonchev–Trinajstić information content (AvgIpc) is 2.68. The molecule has 0 atom stereocenters. The van der Waals surface area contributed by atoms with Gasteiger partial charge in [0.2, 0.25) is 5.91 Å². The molecule has 0 aliphatic carbocycles. The van der Waals surface area contributed by atoms with Gasteiger partial charge in [-0.3, -0.25) is 4.79 Å². The summed E-state index contributed by atoms with van der Waals surface area (Å²) >= 11 is 0. The number of ether oxygens (including phenoxy) is 1. The van der Waals surface area contributed by atoms with Gasteiger partial charge in [0, 0.05) is 44.5 Å². The third kappa shape index (κ3) is 6.54. The molecule has 0 saturated carbocycles. The second kappa shape index (κ2) is 10.9. The Labute approximate surface area is 162 Å². The third-order valence-corrected chi connectivity index (χ3v) is 4.95. The Kier molecular flexibility index (Phi) is 8.58. The van der Waals surface area contributed by atoms with Crippen molar-refractivity contribution in [1.82, 2.24) is 10.2 Å². The highest BCUT2D eigenvalue weighted by atomic mass is 16.5. The summed E-state index contributed by atoms with van der Waals surface area (Å²) in [6, 6.07) is 7.82. The molecule has 150 valence electrons. The zero-order chi connectivity index (χ0) is 19.6. The van der Waals surface area contributed by atoms with Crippen LogP contribution < -0.4 is 10.6 Å². The highest BCUT2D eigenvalue weighted by Crippen LogP contribution is 2.25. The summed E-state index contributed by atoms with van der Waals surface area (Å²) in [4.78, 5) is 26.6. The molecule has 0 unspecified atom stereocenters. The standard InChI is InChI=1S/C21H33N3O3/c1-4-27-15-7-12-22-20(25)17-10-13-24(14-11-17)21(26)23-19-9-6-5-8-18(19)16(2)3/h5-6,8-9,16-17H,4,7,10-15H2,1-3H3,(H,22,25)(H,23,26). The van der Waals surface area contributed by atoms with Crippen LogP contribution in [0.3, 0.4) is 0 Å². The van der Waals surface area contributed by atoms with Gasteiger partial charge in [-0.05, 0) is 43.7 Å². The van der Waals surface area contributed by atoms with Gasteiger partial charge in [-0.25, -0.2) is 4.79 Å². The van der Waals surface area contributed by atoms with Gasteiger partial charge in [-0.15, -0.1) is 0 Å². The normalized spacial score (nSPS) is 15.0. The second-order valence-corrected chi connectivity index (χ2v) is 7.27. The van der Waals surface area contributed by atoms with E-state index in [0.29, 0.717) is 51.6 Å². The first-order valence-corrected chi connectivity index (χ1v) is 10.0. The predicted molar refractivity (Wildman–Crippen MR) is 108 cm³/mol. The fraction of sp³-hybridized carbons (Fsp3) is 0.619. The number of rotatable bonds is 8. The molecule has 1 aromatic rings. The van der Waals surface area contributed by atoms with Crippen LogP contribution in [0.5, 0.6) is 0 Å². The van der Waals surface area contributed by atoms with Crippen molar-refractivity contribution in [3.63, 3.8) is 0 Å². The van der Waals surface area contributed by atoms with Gasteiger partial charge in [-0.2, -0.15) is 0 Å². The van der Waals surface area contributed by atoms with Crippen LogP contribution >= 0.6 is 0 Å². The maximum absolute atomic E-state index is 12.6. The fourth-order valence-corrected chi connectivity index (χ4v) is 3.33. The highest BCUT2D eigenvalue weighted by molar-refractivity contribution is 5.90. The molecule has 1 heterocycles. The van der Waals surface area contributed by atoms with E-state index in [1.54, 1.807) is 4.90 Å². The number of anilines is 1. The number of para-hydroxylation sites is 1. The summed E-state index contributed by atoms with van der Waals surface area (Å²) in [5, 5.41) is 6.01. The fourth-order valence-electron chi connectivity index (χ4n) is 3.33. The number of piperidine rings is 1. The van der Waals surface area contributed by atoms with E-state index in [1.807, 2.05) is 31.2 Å². The topological polar surface area (TPSA) is 70.7 Å². The van der Waals surface area contributed by atoms with Gasteiger partial charge in [-0.1, -0.05) is 32.0 Å². The lowest BCUT2D eigenvalue weighted by Crippen LogP contribution is -2.44. The molecule has 6 heteroatoms. The molecule has 2 N–H and O–H groups in total. The molecular formula is C21H33N3O3. The minimum atomic E-state index is -0.0846. The van der Waals surface area contributed by atoms with Gasteiger partial charge in [0.05, 0.1) is 0 Å². The Morgan fingerprint density at radius 2 is 1.93 bits per heavy atom. The minimum absolute atomic E-state index is 0.0101. The molecule has 1 aliphatic heterocycles. The number of carbonyl (C=O) groups is 2. The second-order valence-electron chi connectivity index (χ2n) is 7.27. The SMILES string of the molecule is CCOCCCNC(=O)C1CCN(C(=O)Nc2ccccc2C(C)C)CC1. The molecule has 0 aromatic heterocycles. The van der Waals surface area contributed by atoms with E-state index >= 15 is 0 Å². The molecule has 1 fully saturated rings. The summed E-state index contributed by atoms with van der Waals surface area (Å²) < 4.78 is 5.27. The van der Waals surface area contributed by atoms with Crippen molar-refractivity contribution < 1.29 is 14.3 Å². The molecule has 1 aromatic carbocycles. The quantitative estimate of drug-likeness (QED) is 0.682. The van der Waals surface area contributed by atoms with Gasteiger partial charge in [0.25, 0.3) is 0 Å². The molecular weight excluding hydrogens is 342 g/mol. The van der Waals surface area contributed by atoms with Gasteiger partial charge in [0.1, 0.15) is 0 Å². The van der Waals surface area contributed by atoms with Gasteiger partial charge in [0.15, 0.2) is 0 Å². The van der Waals surface area contributed by atoms with Crippen LogP contribution in [0, 0.1) is 5.92 Å². The molecule has 3 amide bonds. The molecule has 0 bridgehead atoms. The molecule has 0 spiro atoms. The van der Waals surface area contributed by atoms with Crippen molar-refractivity contribution in [2.24, 2.45) is 5.92 Å². The summed E-state index contributed by atoms with van der Waals surface area (Å²) in [7, 11) is 0. The third-order valence-electron chi connectivity index (χ3n) is 4.95. The number of urea groups is 1. The number of nitrogens with zero attached hydrogens (tertiary/aromatic N) is 1. The average molecular weight is 376 g/mol. The first-order chi connectivity index (χ1) is 13.0. The lowest BCUT2D eigenvalue weighted by molar-refractivity contribution is -0.126. The maximum atomic E-state index is 12.6. The Morgan fingerprint density at radius 3 is 2.59 bits per heavy atom. The van der Waals surface area contributed by atoms with E-state index in [0.717, 1.165) is 17.7 Å².